The zero-order valence-electron chi connectivity index (χ0n) is 15.6. The number of hydrogen-bond acceptors (Lipinski definition) is 6. The SMILES string of the molecule is Cc1cc(C(=O)COC(=O)c2ccc(O)cc2O)c(C)n1CCc1cccs1. The molecule has 3 rings (SSSR count). The van der Waals surface area contributed by atoms with Crippen LogP contribution < -0.4 is 0 Å². The average Bonchev–Trinajstić information content (AvgIpc) is 3.26. The van der Waals surface area contributed by atoms with E-state index in [1.165, 1.54) is 17.0 Å². The highest BCUT2D eigenvalue weighted by atomic mass is 32.1. The van der Waals surface area contributed by atoms with E-state index in [-0.39, 0.29) is 17.1 Å². The Labute approximate surface area is 166 Å². The number of hydrogen-bond donors (Lipinski definition) is 2. The van der Waals surface area contributed by atoms with Crippen molar-refractivity contribution in [3.8, 4) is 11.5 Å². The minimum absolute atomic E-state index is 0.105. The number of thiophene rings is 1. The first-order valence-electron chi connectivity index (χ1n) is 8.78. The van der Waals surface area contributed by atoms with Gasteiger partial charge in [0.05, 0.1) is 0 Å². The molecular weight excluding hydrogens is 378 g/mol. The van der Waals surface area contributed by atoms with Crippen molar-refractivity contribution in [3.05, 3.63) is 69.2 Å². The number of phenolic OH excluding ortho intramolecular Hbond substituents is 2. The number of ether oxygens (including phenoxy) is 1. The lowest BCUT2D eigenvalue weighted by Gasteiger charge is -2.09. The van der Waals surface area contributed by atoms with Crippen molar-refractivity contribution < 1.29 is 24.5 Å². The standard InChI is InChI=1S/C21H21NO5S/c1-13-10-18(14(2)22(13)8-7-16-4-3-9-28-16)20(25)12-27-21(26)17-6-5-15(23)11-19(17)24/h3-6,9-11,23-24H,7-8,12H2,1-2H3. The number of benzene rings is 1. The molecule has 2 heterocycles. The molecule has 0 fully saturated rings. The van der Waals surface area contributed by atoms with Gasteiger partial charge in [-0.25, -0.2) is 4.79 Å². The van der Waals surface area contributed by atoms with E-state index in [1.807, 2.05) is 25.3 Å². The van der Waals surface area contributed by atoms with Crippen LogP contribution in [0.5, 0.6) is 11.5 Å². The highest BCUT2D eigenvalue weighted by Crippen LogP contribution is 2.23. The average molecular weight is 399 g/mol. The fraction of sp³-hybridized carbons (Fsp3) is 0.238. The molecule has 0 saturated carbocycles. The highest BCUT2D eigenvalue weighted by molar-refractivity contribution is 7.09. The summed E-state index contributed by atoms with van der Waals surface area (Å²) in [5, 5.41) is 21.0. The number of carbonyl (C=O) groups is 2. The molecule has 0 amide bonds. The maximum atomic E-state index is 12.5. The van der Waals surface area contributed by atoms with Crippen LogP contribution in [0.1, 0.15) is 37.0 Å². The molecule has 1 aromatic carbocycles. The first-order chi connectivity index (χ1) is 13.4. The first kappa shape index (κ1) is 19.7. The minimum atomic E-state index is -0.822. The molecule has 146 valence electrons. The summed E-state index contributed by atoms with van der Waals surface area (Å²) in [5.41, 5.74) is 2.22. The third-order valence-electron chi connectivity index (χ3n) is 4.57. The summed E-state index contributed by atoms with van der Waals surface area (Å²) in [6.07, 6.45) is 0.886. The van der Waals surface area contributed by atoms with Crippen molar-refractivity contribution in [2.24, 2.45) is 0 Å². The maximum Gasteiger partial charge on any atom is 0.342 e. The van der Waals surface area contributed by atoms with Crippen LogP contribution in [0.3, 0.4) is 0 Å². The Balaban J connectivity index is 1.65. The molecule has 0 unspecified atom stereocenters. The van der Waals surface area contributed by atoms with Crippen LogP contribution in [0.4, 0.5) is 0 Å². The summed E-state index contributed by atoms with van der Waals surface area (Å²) in [4.78, 5) is 25.9. The number of nitrogens with zero attached hydrogens (tertiary/aromatic N) is 1. The molecule has 0 aliphatic carbocycles. The lowest BCUT2D eigenvalue weighted by molar-refractivity contribution is 0.0471. The van der Waals surface area contributed by atoms with Gasteiger partial charge in [-0.05, 0) is 49.9 Å². The molecule has 0 spiro atoms. The lowest BCUT2D eigenvalue weighted by Crippen LogP contribution is -2.15. The maximum absolute atomic E-state index is 12.5. The second kappa shape index (κ2) is 8.31. The van der Waals surface area contributed by atoms with Crippen LogP contribution in [-0.4, -0.2) is 33.1 Å². The third-order valence-corrected chi connectivity index (χ3v) is 5.51. The molecular formula is C21H21NO5S. The van der Waals surface area contributed by atoms with Crippen molar-refractivity contribution in [2.75, 3.05) is 6.61 Å². The van der Waals surface area contributed by atoms with Crippen LogP contribution in [0.25, 0.3) is 0 Å². The Morgan fingerprint density at radius 1 is 1.11 bits per heavy atom. The fourth-order valence-corrected chi connectivity index (χ4v) is 3.78. The molecule has 7 heteroatoms. The van der Waals surface area contributed by atoms with Crippen molar-refractivity contribution in [1.82, 2.24) is 4.57 Å². The smallest absolute Gasteiger partial charge is 0.342 e. The number of phenols is 2. The van der Waals surface area contributed by atoms with Gasteiger partial charge in [0, 0.05) is 34.4 Å². The number of Topliss-reactive ketones (excluding diaryl/α,β-unsaturated/α-hetero) is 1. The Bertz CT molecular complexity index is 1000. The Kier molecular flexibility index (Phi) is 5.84. The number of esters is 1. The summed E-state index contributed by atoms with van der Waals surface area (Å²) >= 11 is 1.70. The Morgan fingerprint density at radius 3 is 2.57 bits per heavy atom. The molecule has 0 aliphatic heterocycles. The van der Waals surface area contributed by atoms with Gasteiger partial charge in [0.1, 0.15) is 17.1 Å². The number of aryl methyl sites for hydroxylation is 2. The summed E-state index contributed by atoms with van der Waals surface area (Å²) in [6.45, 7) is 4.17. The third kappa shape index (κ3) is 4.26. The van der Waals surface area contributed by atoms with E-state index in [2.05, 4.69) is 10.6 Å². The normalized spacial score (nSPS) is 10.8. The van der Waals surface area contributed by atoms with Gasteiger partial charge in [-0.15, -0.1) is 11.3 Å². The zero-order chi connectivity index (χ0) is 20.3. The monoisotopic (exact) mass is 399 g/mol. The van der Waals surface area contributed by atoms with Crippen molar-refractivity contribution in [1.29, 1.82) is 0 Å². The number of carbonyl (C=O) groups excluding carboxylic acids is 2. The largest absolute Gasteiger partial charge is 0.508 e. The molecule has 6 nitrogen and oxygen atoms in total. The highest BCUT2D eigenvalue weighted by Gasteiger charge is 2.19. The summed E-state index contributed by atoms with van der Waals surface area (Å²) in [5.74, 6) is -1.69. The van der Waals surface area contributed by atoms with Gasteiger partial charge < -0.3 is 19.5 Å². The molecule has 0 bridgehead atoms. The van der Waals surface area contributed by atoms with Gasteiger partial charge >= 0.3 is 5.97 Å². The van der Waals surface area contributed by atoms with E-state index in [1.54, 1.807) is 17.4 Å². The fourth-order valence-electron chi connectivity index (χ4n) is 3.08. The molecule has 0 radical (unpaired) electrons. The van der Waals surface area contributed by atoms with E-state index in [0.29, 0.717) is 5.56 Å². The topological polar surface area (TPSA) is 88.8 Å². The summed E-state index contributed by atoms with van der Waals surface area (Å²) in [6, 6.07) is 9.46. The Hall–Kier alpha value is -3.06. The second-order valence-electron chi connectivity index (χ2n) is 6.47. The van der Waals surface area contributed by atoms with E-state index in [0.717, 1.165) is 30.4 Å². The molecule has 0 saturated heterocycles. The number of rotatable bonds is 7. The van der Waals surface area contributed by atoms with Crippen LogP contribution in [0.2, 0.25) is 0 Å². The molecule has 2 aromatic heterocycles. The molecule has 28 heavy (non-hydrogen) atoms. The Morgan fingerprint density at radius 2 is 1.89 bits per heavy atom. The molecule has 2 N–H and O–H groups in total. The first-order valence-corrected chi connectivity index (χ1v) is 9.66. The summed E-state index contributed by atoms with van der Waals surface area (Å²) < 4.78 is 7.13. The van der Waals surface area contributed by atoms with E-state index in [4.69, 9.17) is 4.74 Å². The van der Waals surface area contributed by atoms with Crippen molar-refractivity contribution in [2.45, 2.75) is 26.8 Å². The van der Waals surface area contributed by atoms with Gasteiger partial charge in [0.15, 0.2) is 6.61 Å². The van der Waals surface area contributed by atoms with Gasteiger partial charge in [0.2, 0.25) is 5.78 Å². The van der Waals surface area contributed by atoms with E-state index >= 15 is 0 Å². The van der Waals surface area contributed by atoms with Crippen molar-refractivity contribution in [3.63, 3.8) is 0 Å². The van der Waals surface area contributed by atoms with Crippen LogP contribution in [0.15, 0.2) is 41.8 Å². The van der Waals surface area contributed by atoms with Crippen LogP contribution in [-0.2, 0) is 17.7 Å². The predicted molar refractivity (Wildman–Crippen MR) is 106 cm³/mol. The molecule has 0 aliphatic rings. The van der Waals surface area contributed by atoms with Gasteiger partial charge in [-0.1, -0.05) is 6.07 Å². The zero-order valence-corrected chi connectivity index (χ0v) is 16.5. The van der Waals surface area contributed by atoms with E-state index < -0.39 is 18.3 Å². The van der Waals surface area contributed by atoms with Gasteiger partial charge in [-0.3, -0.25) is 4.79 Å². The van der Waals surface area contributed by atoms with Gasteiger partial charge in [-0.2, -0.15) is 0 Å². The van der Waals surface area contributed by atoms with Gasteiger partial charge in [0.25, 0.3) is 0 Å². The number of aromatic hydroxyl groups is 2. The quantitative estimate of drug-likeness (QED) is 0.465. The number of ketones is 1. The summed E-state index contributed by atoms with van der Waals surface area (Å²) in [7, 11) is 0. The van der Waals surface area contributed by atoms with Crippen LogP contribution >= 0.6 is 11.3 Å². The van der Waals surface area contributed by atoms with Crippen LogP contribution in [0, 0.1) is 13.8 Å². The minimum Gasteiger partial charge on any atom is -0.508 e. The lowest BCUT2D eigenvalue weighted by atomic mass is 10.1. The molecule has 3 aromatic rings. The predicted octanol–water partition coefficient (Wildman–Crippen LogP) is 3.86. The molecule has 0 atom stereocenters. The van der Waals surface area contributed by atoms with Crippen molar-refractivity contribution >= 4 is 23.1 Å². The van der Waals surface area contributed by atoms with E-state index in [9.17, 15) is 19.8 Å². The second-order valence-corrected chi connectivity index (χ2v) is 7.50. The number of aromatic nitrogens is 1.